The van der Waals surface area contributed by atoms with E-state index in [2.05, 4.69) is 27.5 Å². The minimum absolute atomic E-state index is 0.274. The lowest BCUT2D eigenvalue weighted by molar-refractivity contribution is -0.136. The quantitative estimate of drug-likeness (QED) is 0.617. The molecule has 6 nitrogen and oxygen atoms in total. The van der Waals surface area contributed by atoms with Crippen LogP contribution in [0, 0.1) is 12.7 Å². The van der Waals surface area contributed by atoms with Gasteiger partial charge in [0.1, 0.15) is 5.82 Å². The van der Waals surface area contributed by atoms with E-state index < -0.39 is 17.6 Å². The summed E-state index contributed by atoms with van der Waals surface area (Å²) < 4.78 is 13.4. The molecule has 2 rings (SSSR count). The van der Waals surface area contributed by atoms with Crippen LogP contribution < -0.4 is 10.6 Å². The minimum atomic E-state index is -0.780. The van der Waals surface area contributed by atoms with Crippen molar-refractivity contribution in [1.29, 1.82) is 0 Å². The van der Waals surface area contributed by atoms with E-state index >= 15 is 0 Å². The van der Waals surface area contributed by atoms with E-state index in [1.807, 2.05) is 0 Å². The van der Waals surface area contributed by atoms with E-state index in [4.69, 9.17) is 0 Å². The Bertz CT molecular complexity index is 586. The van der Waals surface area contributed by atoms with Gasteiger partial charge in [-0.15, -0.1) is 0 Å². The van der Waals surface area contributed by atoms with Crippen molar-refractivity contribution >= 4 is 17.5 Å². The number of piperazine rings is 1. The van der Waals surface area contributed by atoms with Crippen LogP contribution in [0.25, 0.3) is 0 Å². The number of nitrogens with one attached hydrogen (secondary N) is 2. The SMILES string of the molecule is Cc1ccc(NC(=O)C(=O)NCCCN2CCN(C)CC2)cc1F. The number of carbonyl (C=O) groups is 2. The Kier molecular flexibility index (Phi) is 6.69. The molecule has 1 aliphatic rings. The molecule has 1 aromatic carbocycles. The molecule has 0 bridgehead atoms. The Balaban J connectivity index is 1.66. The molecule has 0 aromatic heterocycles. The van der Waals surface area contributed by atoms with E-state index in [9.17, 15) is 14.0 Å². The highest BCUT2D eigenvalue weighted by molar-refractivity contribution is 6.39. The first kappa shape index (κ1) is 18.4. The largest absolute Gasteiger partial charge is 0.348 e. The third-order valence-corrected chi connectivity index (χ3v) is 4.17. The monoisotopic (exact) mass is 336 g/mol. The van der Waals surface area contributed by atoms with Gasteiger partial charge in [-0.1, -0.05) is 6.07 Å². The van der Waals surface area contributed by atoms with Crippen LogP contribution in [0.15, 0.2) is 18.2 Å². The van der Waals surface area contributed by atoms with Gasteiger partial charge in [0.05, 0.1) is 0 Å². The first-order valence-electron chi connectivity index (χ1n) is 8.22. The molecule has 1 aliphatic heterocycles. The molecule has 7 heteroatoms. The van der Waals surface area contributed by atoms with Crippen LogP contribution in [0.2, 0.25) is 0 Å². The molecule has 0 unspecified atom stereocenters. The van der Waals surface area contributed by atoms with Crippen LogP contribution in [0.5, 0.6) is 0 Å². The summed E-state index contributed by atoms with van der Waals surface area (Å²) in [6.07, 6.45) is 0.794. The van der Waals surface area contributed by atoms with E-state index in [1.165, 1.54) is 6.07 Å². The fourth-order valence-electron chi connectivity index (χ4n) is 2.51. The van der Waals surface area contributed by atoms with Gasteiger partial charge < -0.3 is 20.4 Å². The number of aryl methyl sites for hydroxylation is 1. The first-order chi connectivity index (χ1) is 11.5. The standard InChI is InChI=1S/C17H25FN4O2/c1-13-4-5-14(12-15(13)18)20-17(24)16(23)19-6-3-7-22-10-8-21(2)9-11-22/h4-5,12H,3,6-11H2,1-2H3,(H,19,23)(H,20,24). The number of likely N-dealkylation sites (N-methyl/N-ethyl adjacent to an activating group) is 1. The van der Waals surface area contributed by atoms with Crippen molar-refractivity contribution in [2.75, 3.05) is 51.6 Å². The predicted molar refractivity (Wildman–Crippen MR) is 91.3 cm³/mol. The van der Waals surface area contributed by atoms with Crippen molar-refractivity contribution < 1.29 is 14.0 Å². The number of halogens is 1. The second-order valence-electron chi connectivity index (χ2n) is 6.17. The van der Waals surface area contributed by atoms with E-state index in [1.54, 1.807) is 19.1 Å². The Morgan fingerprint density at radius 1 is 1.17 bits per heavy atom. The van der Waals surface area contributed by atoms with Crippen LogP contribution in [-0.2, 0) is 9.59 Å². The number of nitrogens with zero attached hydrogens (tertiary/aromatic N) is 2. The number of hydrogen-bond acceptors (Lipinski definition) is 4. The molecule has 1 saturated heterocycles. The van der Waals surface area contributed by atoms with Gasteiger partial charge in [-0.3, -0.25) is 9.59 Å². The molecule has 1 aromatic rings. The smallest absolute Gasteiger partial charge is 0.313 e. The molecule has 0 aliphatic carbocycles. The molecule has 2 amide bonds. The summed E-state index contributed by atoms with van der Waals surface area (Å²) in [6, 6.07) is 4.32. The maximum atomic E-state index is 13.4. The van der Waals surface area contributed by atoms with E-state index in [0.717, 1.165) is 39.1 Å². The Hall–Kier alpha value is -1.99. The highest BCUT2D eigenvalue weighted by atomic mass is 19.1. The third-order valence-electron chi connectivity index (χ3n) is 4.17. The topological polar surface area (TPSA) is 64.7 Å². The molecule has 1 heterocycles. The summed E-state index contributed by atoms with van der Waals surface area (Å²) in [5.41, 5.74) is 0.761. The molecule has 0 radical (unpaired) electrons. The highest BCUT2D eigenvalue weighted by Gasteiger charge is 2.15. The summed E-state index contributed by atoms with van der Waals surface area (Å²) in [7, 11) is 2.11. The summed E-state index contributed by atoms with van der Waals surface area (Å²) >= 11 is 0. The summed E-state index contributed by atoms with van der Waals surface area (Å²) in [5, 5.41) is 4.99. The molecule has 132 valence electrons. The van der Waals surface area contributed by atoms with Gasteiger partial charge in [-0.25, -0.2) is 4.39 Å². The number of hydrogen-bond donors (Lipinski definition) is 2. The summed E-state index contributed by atoms with van der Waals surface area (Å²) in [5.74, 6) is -1.90. The molecular formula is C17H25FN4O2. The number of carbonyl (C=O) groups excluding carboxylic acids is 2. The third kappa shape index (κ3) is 5.58. The van der Waals surface area contributed by atoms with Crippen molar-refractivity contribution in [1.82, 2.24) is 15.1 Å². The number of anilines is 1. The maximum Gasteiger partial charge on any atom is 0.313 e. The van der Waals surface area contributed by atoms with E-state index in [-0.39, 0.29) is 5.69 Å². The number of amides is 2. The highest BCUT2D eigenvalue weighted by Crippen LogP contribution is 2.13. The van der Waals surface area contributed by atoms with E-state index in [0.29, 0.717) is 12.1 Å². The Labute approximate surface area is 142 Å². The van der Waals surface area contributed by atoms with Gasteiger partial charge in [-0.2, -0.15) is 0 Å². The average molecular weight is 336 g/mol. The number of rotatable bonds is 5. The van der Waals surface area contributed by atoms with Crippen molar-refractivity contribution in [3.63, 3.8) is 0 Å². The first-order valence-corrected chi connectivity index (χ1v) is 8.22. The molecule has 0 spiro atoms. The minimum Gasteiger partial charge on any atom is -0.348 e. The lowest BCUT2D eigenvalue weighted by Gasteiger charge is -2.32. The fraction of sp³-hybridized carbons (Fsp3) is 0.529. The van der Waals surface area contributed by atoms with Gasteiger partial charge in [0, 0.05) is 38.4 Å². The summed E-state index contributed by atoms with van der Waals surface area (Å²) in [4.78, 5) is 28.2. The summed E-state index contributed by atoms with van der Waals surface area (Å²) in [6.45, 7) is 7.16. The van der Waals surface area contributed by atoms with Crippen LogP contribution in [-0.4, -0.2) is 67.9 Å². The van der Waals surface area contributed by atoms with Crippen molar-refractivity contribution in [2.24, 2.45) is 0 Å². The zero-order chi connectivity index (χ0) is 17.5. The van der Waals surface area contributed by atoms with Crippen molar-refractivity contribution in [3.8, 4) is 0 Å². The average Bonchev–Trinajstić information content (AvgIpc) is 2.56. The van der Waals surface area contributed by atoms with Crippen molar-refractivity contribution in [3.05, 3.63) is 29.6 Å². The van der Waals surface area contributed by atoms with Gasteiger partial charge in [0.25, 0.3) is 0 Å². The van der Waals surface area contributed by atoms with Crippen LogP contribution in [0.1, 0.15) is 12.0 Å². The van der Waals surface area contributed by atoms with Crippen LogP contribution in [0.4, 0.5) is 10.1 Å². The molecular weight excluding hydrogens is 311 g/mol. The Morgan fingerprint density at radius 3 is 2.54 bits per heavy atom. The second kappa shape index (κ2) is 8.75. The second-order valence-corrected chi connectivity index (χ2v) is 6.17. The zero-order valence-electron chi connectivity index (χ0n) is 14.3. The van der Waals surface area contributed by atoms with Crippen molar-refractivity contribution in [2.45, 2.75) is 13.3 Å². The van der Waals surface area contributed by atoms with Gasteiger partial charge in [-0.05, 0) is 44.6 Å². The normalized spacial score (nSPS) is 16.0. The lowest BCUT2D eigenvalue weighted by Crippen LogP contribution is -2.45. The molecule has 1 fully saturated rings. The van der Waals surface area contributed by atoms with Gasteiger partial charge in [0.15, 0.2) is 0 Å². The van der Waals surface area contributed by atoms with Gasteiger partial charge in [0.2, 0.25) is 0 Å². The molecule has 0 atom stereocenters. The Morgan fingerprint density at radius 2 is 1.88 bits per heavy atom. The molecule has 0 saturated carbocycles. The van der Waals surface area contributed by atoms with Crippen LogP contribution in [0.3, 0.4) is 0 Å². The number of benzene rings is 1. The maximum absolute atomic E-state index is 13.4. The van der Waals surface area contributed by atoms with Crippen LogP contribution >= 0.6 is 0 Å². The van der Waals surface area contributed by atoms with Gasteiger partial charge >= 0.3 is 11.8 Å². The zero-order valence-corrected chi connectivity index (χ0v) is 14.3. The molecule has 24 heavy (non-hydrogen) atoms. The fourth-order valence-corrected chi connectivity index (χ4v) is 2.51. The lowest BCUT2D eigenvalue weighted by atomic mass is 10.2. The molecule has 2 N–H and O–H groups in total. The predicted octanol–water partition coefficient (Wildman–Crippen LogP) is 0.826.